The molecule has 1 aliphatic rings. The van der Waals surface area contributed by atoms with E-state index in [2.05, 4.69) is 12.2 Å². The van der Waals surface area contributed by atoms with Crippen LogP contribution in [0.5, 0.6) is 0 Å². The van der Waals surface area contributed by atoms with Crippen LogP contribution >= 0.6 is 0 Å². The van der Waals surface area contributed by atoms with Crippen molar-refractivity contribution in [3.05, 3.63) is 0 Å². The molecule has 0 unspecified atom stereocenters. The van der Waals surface area contributed by atoms with Gasteiger partial charge in [0.05, 0.1) is 5.60 Å². The van der Waals surface area contributed by atoms with Gasteiger partial charge >= 0.3 is 0 Å². The fraction of sp³-hybridized carbons (Fsp3) is 0.923. The summed E-state index contributed by atoms with van der Waals surface area (Å²) in [5.74, 6) is 0.0394. The Bertz CT molecular complexity index is 225. The van der Waals surface area contributed by atoms with Crippen molar-refractivity contribution in [3.8, 4) is 0 Å². The zero-order valence-electron chi connectivity index (χ0n) is 11.0. The second-order valence-electron chi connectivity index (χ2n) is 4.91. The van der Waals surface area contributed by atoms with Crippen molar-refractivity contribution < 1.29 is 9.53 Å². The number of ether oxygens (including phenoxy) is 1. The van der Waals surface area contributed by atoms with Gasteiger partial charge in [0.1, 0.15) is 0 Å². The van der Waals surface area contributed by atoms with E-state index in [1.54, 1.807) is 0 Å². The Morgan fingerprint density at radius 3 is 2.65 bits per heavy atom. The Morgan fingerprint density at radius 1 is 1.35 bits per heavy atom. The van der Waals surface area contributed by atoms with E-state index in [0.717, 1.165) is 25.9 Å². The van der Waals surface area contributed by atoms with Crippen molar-refractivity contribution in [1.29, 1.82) is 0 Å². The van der Waals surface area contributed by atoms with Crippen molar-refractivity contribution in [2.24, 2.45) is 5.73 Å². The minimum Gasteiger partial charge on any atom is -0.373 e. The Morgan fingerprint density at radius 2 is 2.06 bits per heavy atom. The summed E-state index contributed by atoms with van der Waals surface area (Å²) in [4.78, 5) is 11.5. The van der Waals surface area contributed by atoms with Crippen LogP contribution in [0, 0.1) is 0 Å². The molecular formula is C13H26N2O2. The van der Waals surface area contributed by atoms with Crippen LogP contribution < -0.4 is 11.1 Å². The standard InChI is InChI=1S/C13H26N2O2/c1-2-10-17-13(7-4-3-5-8-13)11-15-12(16)6-9-14/h2-11,14H2,1H3,(H,15,16). The molecule has 100 valence electrons. The average Bonchev–Trinajstić information content (AvgIpc) is 2.36. The number of carbonyl (C=O) groups excluding carboxylic acids is 1. The molecule has 0 radical (unpaired) electrons. The maximum Gasteiger partial charge on any atom is 0.221 e. The molecule has 1 amide bonds. The molecule has 0 atom stereocenters. The summed E-state index contributed by atoms with van der Waals surface area (Å²) >= 11 is 0. The third-order valence-corrected chi connectivity index (χ3v) is 3.36. The summed E-state index contributed by atoms with van der Waals surface area (Å²) in [6.45, 7) is 3.96. The zero-order chi connectivity index (χ0) is 12.6. The molecule has 1 saturated carbocycles. The highest BCUT2D eigenvalue weighted by molar-refractivity contribution is 5.76. The molecule has 0 aromatic heterocycles. The average molecular weight is 242 g/mol. The number of rotatable bonds is 7. The minimum absolute atomic E-state index is 0.0394. The quantitative estimate of drug-likeness (QED) is 0.712. The highest BCUT2D eigenvalue weighted by atomic mass is 16.5. The van der Waals surface area contributed by atoms with Gasteiger partial charge in [-0.1, -0.05) is 26.2 Å². The Kier molecular flexibility index (Phi) is 6.52. The fourth-order valence-corrected chi connectivity index (χ4v) is 2.37. The van der Waals surface area contributed by atoms with Gasteiger partial charge in [-0.25, -0.2) is 0 Å². The van der Waals surface area contributed by atoms with Crippen molar-refractivity contribution in [3.63, 3.8) is 0 Å². The van der Waals surface area contributed by atoms with E-state index in [-0.39, 0.29) is 11.5 Å². The predicted molar refractivity (Wildman–Crippen MR) is 68.7 cm³/mol. The third kappa shape index (κ3) is 5.04. The van der Waals surface area contributed by atoms with Gasteiger partial charge in [-0.3, -0.25) is 4.79 Å². The van der Waals surface area contributed by atoms with Crippen LogP contribution in [0.4, 0.5) is 0 Å². The van der Waals surface area contributed by atoms with Crippen molar-refractivity contribution in [1.82, 2.24) is 5.32 Å². The van der Waals surface area contributed by atoms with Crippen molar-refractivity contribution >= 4 is 5.91 Å². The summed E-state index contributed by atoms with van der Waals surface area (Å²) in [5, 5.41) is 2.96. The van der Waals surface area contributed by atoms with Crippen LogP contribution in [0.1, 0.15) is 51.9 Å². The lowest BCUT2D eigenvalue weighted by atomic mass is 9.84. The van der Waals surface area contributed by atoms with Gasteiger partial charge in [0, 0.05) is 26.1 Å². The molecule has 0 aliphatic heterocycles. The molecule has 1 aliphatic carbocycles. The first-order valence-electron chi connectivity index (χ1n) is 6.83. The van der Waals surface area contributed by atoms with Gasteiger partial charge < -0.3 is 15.8 Å². The van der Waals surface area contributed by atoms with Gasteiger partial charge in [0.15, 0.2) is 0 Å². The lowest BCUT2D eigenvalue weighted by Crippen LogP contribution is -2.46. The van der Waals surface area contributed by atoms with E-state index in [4.69, 9.17) is 10.5 Å². The number of amides is 1. The van der Waals surface area contributed by atoms with E-state index in [0.29, 0.717) is 19.5 Å². The van der Waals surface area contributed by atoms with Crippen LogP contribution in [0.2, 0.25) is 0 Å². The highest BCUT2D eigenvalue weighted by Gasteiger charge is 2.32. The largest absolute Gasteiger partial charge is 0.373 e. The van der Waals surface area contributed by atoms with Gasteiger partial charge in [0.25, 0.3) is 0 Å². The topological polar surface area (TPSA) is 64.3 Å². The van der Waals surface area contributed by atoms with E-state index < -0.39 is 0 Å². The van der Waals surface area contributed by atoms with Gasteiger partial charge in [-0.15, -0.1) is 0 Å². The molecule has 4 nitrogen and oxygen atoms in total. The smallest absolute Gasteiger partial charge is 0.221 e. The third-order valence-electron chi connectivity index (χ3n) is 3.36. The fourth-order valence-electron chi connectivity index (χ4n) is 2.37. The molecule has 3 N–H and O–H groups in total. The van der Waals surface area contributed by atoms with E-state index in [1.165, 1.54) is 19.3 Å². The molecule has 0 bridgehead atoms. The number of nitrogens with two attached hydrogens (primary N) is 1. The van der Waals surface area contributed by atoms with Crippen molar-refractivity contribution in [2.75, 3.05) is 19.7 Å². The van der Waals surface area contributed by atoms with Crippen LogP contribution in [-0.2, 0) is 9.53 Å². The number of nitrogens with one attached hydrogen (secondary N) is 1. The van der Waals surface area contributed by atoms with E-state index in [1.807, 2.05) is 0 Å². The SMILES string of the molecule is CCCOC1(CNC(=O)CCN)CCCCC1. The first-order valence-corrected chi connectivity index (χ1v) is 6.83. The van der Waals surface area contributed by atoms with Crippen LogP contribution in [0.3, 0.4) is 0 Å². The summed E-state index contributed by atoms with van der Waals surface area (Å²) < 4.78 is 6.00. The first kappa shape index (κ1) is 14.5. The summed E-state index contributed by atoms with van der Waals surface area (Å²) in [7, 11) is 0. The van der Waals surface area contributed by atoms with Crippen LogP contribution in [-0.4, -0.2) is 31.2 Å². The zero-order valence-corrected chi connectivity index (χ0v) is 11.0. The second kappa shape index (κ2) is 7.67. The molecule has 0 heterocycles. The Balaban J connectivity index is 2.42. The monoisotopic (exact) mass is 242 g/mol. The molecular weight excluding hydrogens is 216 g/mol. The lowest BCUT2D eigenvalue weighted by molar-refractivity contribution is -0.124. The Hall–Kier alpha value is -0.610. The minimum atomic E-state index is -0.113. The lowest BCUT2D eigenvalue weighted by Gasteiger charge is -2.37. The van der Waals surface area contributed by atoms with E-state index >= 15 is 0 Å². The first-order chi connectivity index (χ1) is 8.22. The summed E-state index contributed by atoms with van der Waals surface area (Å²) in [6.07, 6.45) is 7.26. The Labute approximate surface area is 104 Å². The van der Waals surface area contributed by atoms with Gasteiger partial charge in [0.2, 0.25) is 5.91 Å². The van der Waals surface area contributed by atoms with Crippen LogP contribution in [0.25, 0.3) is 0 Å². The predicted octanol–water partition coefficient (Wildman–Crippen LogP) is 1.58. The number of hydrogen-bond acceptors (Lipinski definition) is 3. The normalized spacial score (nSPS) is 18.9. The molecule has 4 heteroatoms. The summed E-state index contributed by atoms with van der Waals surface area (Å²) in [5.41, 5.74) is 5.25. The van der Waals surface area contributed by atoms with Crippen LogP contribution in [0.15, 0.2) is 0 Å². The molecule has 17 heavy (non-hydrogen) atoms. The van der Waals surface area contributed by atoms with Gasteiger partial charge in [-0.05, 0) is 19.3 Å². The van der Waals surface area contributed by atoms with Crippen molar-refractivity contribution in [2.45, 2.75) is 57.5 Å². The van der Waals surface area contributed by atoms with Gasteiger partial charge in [-0.2, -0.15) is 0 Å². The molecule has 1 rings (SSSR count). The molecule has 0 aromatic carbocycles. The second-order valence-corrected chi connectivity index (χ2v) is 4.91. The maximum atomic E-state index is 11.5. The maximum absolute atomic E-state index is 11.5. The number of hydrogen-bond donors (Lipinski definition) is 2. The summed E-state index contributed by atoms with van der Waals surface area (Å²) in [6, 6.07) is 0. The molecule has 0 saturated heterocycles. The molecule has 0 aromatic rings. The number of carbonyl (C=O) groups is 1. The molecule has 1 fully saturated rings. The highest BCUT2D eigenvalue weighted by Crippen LogP contribution is 2.31. The molecule has 0 spiro atoms. The van der Waals surface area contributed by atoms with E-state index in [9.17, 15) is 4.79 Å².